The number of ether oxygens (including phenoxy) is 2. The Hall–Kier alpha value is -3.98. The van der Waals surface area contributed by atoms with Gasteiger partial charge in [0.15, 0.2) is 0 Å². The molecule has 1 unspecified atom stereocenters. The van der Waals surface area contributed by atoms with Crippen LogP contribution in [0.3, 0.4) is 0 Å². The molecule has 0 spiro atoms. The maximum absolute atomic E-state index is 13.6. The smallest absolute Gasteiger partial charge is 0.330 e. The van der Waals surface area contributed by atoms with Crippen LogP contribution in [0.15, 0.2) is 64.3 Å². The summed E-state index contributed by atoms with van der Waals surface area (Å²) >= 11 is 0. The largest absolute Gasteiger partial charge is 0.459 e. The first-order valence-electron chi connectivity index (χ1n) is 13.7. The van der Waals surface area contributed by atoms with Crippen LogP contribution in [0.5, 0.6) is 0 Å². The Balaban J connectivity index is 1.37. The second-order valence-corrected chi connectivity index (χ2v) is 11.7. The molecule has 1 aliphatic heterocycles. The van der Waals surface area contributed by atoms with E-state index in [1.807, 2.05) is 76.2 Å². The summed E-state index contributed by atoms with van der Waals surface area (Å²) in [5.74, 6) is -1.03. The lowest BCUT2D eigenvalue weighted by molar-refractivity contribution is -0.154. The Bertz CT molecular complexity index is 1500. The molecule has 2 aromatic carbocycles. The Kier molecular flexibility index (Phi) is 7.51. The van der Waals surface area contributed by atoms with Crippen LogP contribution in [0, 0.1) is 5.41 Å². The van der Waals surface area contributed by atoms with E-state index in [1.165, 1.54) is 10.8 Å². The molecule has 3 aromatic rings. The predicted octanol–water partition coefficient (Wildman–Crippen LogP) is 3.66. The number of esters is 1. The Morgan fingerprint density at radius 2 is 1.68 bits per heavy atom. The first kappa shape index (κ1) is 27.6. The molecule has 1 amide bonds. The van der Waals surface area contributed by atoms with Crippen molar-refractivity contribution in [2.75, 3.05) is 6.54 Å². The number of carbonyl (C=O) groups is 2. The van der Waals surface area contributed by atoms with Gasteiger partial charge in [0.05, 0.1) is 12.3 Å². The van der Waals surface area contributed by atoms with Gasteiger partial charge in [0.25, 0.3) is 5.56 Å². The first-order valence-corrected chi connectivity index (χ1v) is 13.7. The number of nitrogens with zero attached hydrogens (tertiary/aromatic N) is 1. The number of H-pyrrole nitrogens is 1. The van der Waals surface area contributed by atoms with Crippen molar-refractivity contribution in [1.82, 2.24) is 14.9 Å². The number of benzene rings is 2. The van der Waals surface area contributed by atoms with Crippen molar-refractivity contribution >= 4 is 11.9 Å². The molecule has 1 fully saturated rings. The van der Waals surface area contributed by atoms with Gasteiger partial charge in [0.2, 0.25) is 5.91 Å². The summed E-state index contributed by atoms with van der Waals surface area (Å²) in [5, 5.41) is 3.02. The van der Waals surface area contributed by atoms with Crippen molar-refractivity contribution in [2.24, 2.45) is 5.41 Å². The predicted molar refractivity (Wildman–Crippen MR) is 150 cm³/mol. The van der Waals surface area contributed by atoms with Gasteiger partial charge in [-0.3, -0.25) is 23.9 Å². The van der Waals surface area contributed by atoms with Crippen LogP contribution < -0.4 is 16.6 Å². The molecule has 9 heteroatoms. The minimum absolute atomic E-state index is 0.0857. The molecule has 40 heavy (non-hydrogen) atoms. The quantitative estimate of drug-likeness (QED) is 0.438. The van der Waals surface area contributed by atoms with Gasteiger partial charge in [-0.15, -0.1) is 0 Å². The van der Waals surface area contributed by atoms with Gasteiger partial charge in [0.1, 0.15) is 18.4 Å². The van der Waals surface area contributed by atoms with Gasteiger partial charge in [-0.1, -0.05) is 76.2 Å². The van der Waals surface area contributed by atoms with E-state index in [4.69, 9.17) is 9.47 Å². The lowest BCUT2D eigenvalue weighted by atomic mass is 9.92. The number of carbonyl (C=O) groups excluding carboxylic acids is 2. The second kappa shape index (κ2) is 10.9. The molecule has 0 bridgehead atoms. The molecule has 0 saturated carbocycles. The van der Waals surface area contributed by atoms with E-state index in [1.54, 1.807) is 0 Å². The highest BCUT2D eigenvalue weighted by atomic mass is 16.6. The van der Waals surface area contributed by atoms with Gasteiger partial charge < -0.3 is 14.8 Å². The molecule has 210 valence electrons. The highest BCUT2D eigenvalue weighted by molar-refractivity contribution is 5.96. The minimum atomic E-state index is -0.767. The Morgan fingerprint density at radius 1 is 1.05 bits per heavy atom. The highest BCUT2D eigenvalue weighted by Crippen LogP contribution is 2.44. The summed E-state index contributed by atoms with van der Waals surface area (Å²) in [6.45, 7) is 7.75. The van der Waals surface area contributed by atoms with Crippen LogP contribution >= 0.6 is 0 Å². The number of fused-ring (bicyclic) bond motifs is 3. The maximum atomic E-state index is 13.6. The molecular formula is C31H35N3O6. The molecule has 2 N–H and O–H groups in total. The fourth-order valence-corrected chi connectivity index (χ4v) is 5.56. The highest BCUT2D eigenvalue weighted by Gasteiger charge is 2.41. The van der Waals surface area contributed by atoms with Gasteiger partial charge in [0, 0.05) is 24.7 Å². The van der Waals surface area contributed by atoms with Crippen LogP contribution in [0.1, 0.15) is 69.4 Å². The van der Waals surface area contributed by atoms with E-state index >= 15 is 0 Å². The van der Waals surface area contributed by atoms with Crippen LogP contribution in [0.4, 0.5) is 0 Å². The number of nitrogens with one attached hydrogen (secondary N) is 2. The van der Waals surface area contributed by atoms with E-state index in [0.717, 1.165) is 22.3 Å². The summed E-state index contributed by atoms with van der Waals surface area (Å²) in [5.41, 5.74) is 3.08. The third-order valence-corrected chi connectivity index (χ3v) is 7.44. The van der Waals surface area contributed by atoms with E-state index in [0.29, 0.717) is 12.0 Å². The number of aromatic amines is 1. The second-order valence-electron chi connectivity index (χ2n) is 11.7. The molecule has 9 nitrogen and oxygen atoms in total. The zero-order chi connectivity index (χ0) is 28.6. The normalized spacial score (nSPS) is 20.1. The Labute approximate surface area is 232 Å². The lowest BCUT2D eigenvalue weighted by Crippen LogP contribution is -2.41. The van der Waals surface area contributed by atoms with Gasteiger partial charge >= 0.3 is 11.7 Å². The molecule has 2 heterocycles. The third-order valence-electron chi connectivity index (χ3n) is 7.44. The van der Waals surface area contributed by atoms with Crippen molar-refractivity contribution in [1.29, 1.82) is 0 Å². The van der Waals surface area contributed by atoms with Crippen molar-refractivity contribution in [3.63, 3.8) is 0 Å². The van der Waals surface area contributed by atoms with Gasteiger partial charge in [-0.25, -0.2) is 4.79 Å². The molecule has 3 atom stereocenters. The SMILES string of the molecule is CCc1cn([C@@H]2CC(OC(=O)CC(C)(C)C)[C@H](CNC(=O)C3c4ccccc4-c4ccccc43)O2)c(=O)[nH]c1=O. The number of aryl methyl sites for hydroxylation is 1. The molecule has 1 aromatic heterocycles. The van der Waals surface area contributed by atoms with E-state index in [-0.39, 0.29) is 36.7 Å². The van der Waals surface area contributed by atoms with Crippen molar-refractivity contribution < 1.29 is 19.1 Å². The average molecular weight is 546 g/mol. The number of rotatable bonds is 7. The van der Waals surface area contributed by atoms with Crippen LogP contribution in [-0.4, -0.2) is 40.2 Å². The van der Waals surface area contributed by atoms with Crippen LogP contribution in [0.2, 0.25) is 0 Å². The Morgan fingerprint density at radius 3 is 2.27 bits per heavy atom. The molecule has 2 aliphatic rings. The molecule has 1 saturated heterocycles. The maximum Gasteiger partial charge on any atom is 0.330 e. The summed E-state index contributed by atoms with van der Waals surface area (Å²) in [4.78, 5) is 53.4. The number of hydrogen-bond donors (Lipinski definition) is 2. The first-order chi connectivity index (χ1) is 19.1. The minimum Gasteiger partial charge on any atom is -0.459 e. The van der Waals surface area contributed by atoms with Crippen LogP contribution in [-0.2, 0) is 25.5 Å². The summed E-state index contributed by atoms with van der Waals surface area (Å²) < 4.78 is 13.4. The van der Waals surface area contributed by atoms with Crippen LogP contribution in [0.25, 0.3) is 11.1 Å². The number of aromatic nitrogens is 2. The topological polar surface area (TPSA) is 119 Å². The van der Waals surface area contributed by atoms with Crippen molar-refractivity contribution in [2.45, 2.75) is 71.3 Å². The number of hydrogen-bond acceptors (Lipinski definition) is 6. The number of amides is 1. The van der Waals surface area contributed by atoms with E-state index in [9.17, 15) is 19.2 Å². The molecule has 5 rings (SSSR count). The third kappa shape index (κ3) is 5.51. The summed E-state index contributed by atoms with van der Waals surface area (Å²) in [7, 11) is 0. The average Bonchev–Trinajstić information content (AvgIpc) is 3.45. The molecular weight excluding hydrogens is 510 g/mol. The summed E-state index contributed by atoms with van der Waals surface area (Å²) in [6, 6.07) is 15.7. The zero-order valence-corrected chi connectivity index (χ0v) is 23.2. The van der Waals surface area contributed by atoms with Gasteiger partial charge in [-0.2, -0.15) is 0 Å². The van der Waals surface area contributed by atoms with Crippen molar-refractivity contribution in [3.8, 4) is 11.1 Å². The zero-order valence-electron chi connectivity index (χ0n) is 23.2. The molecule has 0 radical (unpaired) electrons. The fraction of sp³-hybridized carbons (Fsp3) is 0.419. The monoisotopic (exact) mass is 545 g/mol. The summed E-state index contributed by atoms with van der Waals surface area (Å²) in [6.07, 6.45) is 0.212. The van der Waals surface area contributed by atoms with E-state index < -0.39 is 35.6 Å². The van der Waals surface area contributed by atoms with Gasteiger partial charge in [-0.05, 0) is 34.1 Å². The lowest BCUT2D eigenvalue weighted by Gasteiger charge is -2.23. The van der Waals surface area contributed by atoms with Crippen molar-refractivity contribution in [3.05, 3.63) is 92.3 Å². The fourth-order valence-electron chi connectivity index (χ4n) is 5.56. The standard InChI is InChI=1S/C31H35N3O6/c1-5-18-17-34(30(38)33-28(18)36)25-14-23(40-26(35)15-31(2,3)4)24(39-25)16-32-29(37)27-21-12-8-6-10-19(21)20-11-7-9-13-22(20)27/h6-13,17,23-25,27H,5,14-16H2,1-4H3,(H,32,37)(H,33,36,38)/t23?,24-,25-/m0/s1. The molecule has 1 aliphatic carbocycles. The van der Waals surface area contributed by atoms with E-state index in [2.05, 4.69) is 10.3 Å².